The van der Waals surface area contributed by atoms with Gasteiger partial charge in [-0.05, 0) is 42.0 Å². The van der Waals surface area contributed by atoms with E-state index in [-0.39, 0.29) is 4.90 Å². The van der Waals surface area contributed by atoms with Crippen LogP contribution in [-0.4, -0.2) is 52.8 Å². The van der Waals surface area contributed by atoms with E-state index in [0.29, 0.717) is 11.8 Å². The minimum absolute atomic E-state index is 0.143. The first-order chi connectivity index (χ1) is 20.0. The van der Waals surface area contributed by atoms with Crippen molar-refractivity contribution in [3.8, 4) is 16.9 Å². The van der Waals surface area contributed by atoms with Gasteiger partial charge in [-0.15, -0.1) is 0 Å². The van der Waals surface area contributed by atoms with Crippen molar-refractivity contribution in [2.75, 3.05) is 47.8 Å². The zero-order valence-electron chi connectivity index (χ0n) is 22.1. The number of ether oxygens (including phenoxy) is 1. The van der Waals surface area contributed by atoms with Gasteiger partial charge in [0.2, 0.25) is 4.90 Å². The third kappa shape index (κ3) is 5.72. The molecule has 2 aromatic heterocycles. The molecule has 8 nitrogen and oxygen atoms in total. The molecular formula is C30H26F2N6O2S. The minimum Gasteiger partial charge on any atom is -0.588 e. The molecule has 0 aliphatic carbocycles. The number of hydrogen-bond donors (Lipinski definition) is 1. The number of halogens is 2. The van der Waals surface area contributed by atoms with Gasteiger partial charge in [0.25, 0.3) is 0 Å². The normalized spacial score (nSPS) is 14.2. The Kier molecular flexibility index (Phi) is 7.53. The fraction of sp³-hybridized carbons (Fsp3) is 0.167. The number of benzene rings is 3. The molecule has 1 aliphatic heterocycles. The van der Waals surface area contributed by atoms with Crippen molar-refractivity contribution in [2.24, 2.45) is 0 Å². The van der Waals surface area contributed by atoms with Crippen LogP contribution >= 0.6 is 0 Å². The zero-order valence-corrected chi connectivity index (χ0v) is 22.9. The van der Waals surface area contributed by atoms with Crippen LogP contribution in [0.5, 0.6) is 5.75 Å². The summed E-state index contributed by atoms with van der Waals surface area (Å²) in [5.74, 6) is 0.0794. The van der Waals surface area contributed by atoms with E-state index in [2.05, 4.69) is 35.5 Å². The Labute approximate surface area is 239 Å². The minimum atomic E-state index is -1.94. The van der Waals surface area contributed by atoms with Crippen LogP contribution in [0.15, 0.2) is 90.3 Å². The fourth-order valence-electron chi connectivity index (χ4n) is 4.90. The quantitative estimate of drug-likeness (QED) is 0.258. The van der Waals surface area contributed by atoms with Gasteiger partial charge >= 0.3 is 0 Å². The number of fused-ring (bicyclic) bond motifs is 1. The molecule has 0 bridgehead atoms. The molecule has 208 valence electrons. The molecule has 5 aromatic rings. The van der Waals surface area contributed by atoms with Gasteiger partial charge in [0.15, 0.2) is 5.82 Å². The maximum absolute atomic E-state index is 14.1. The molecule has 0 spiro atoms. The van der Waals surface area contributed by atoms with Gasteiger partial charge in [0.1, 0.15) is 40.8 Å². The number of methoxy groups -OCH3 is 1. The molecule has 1 aliphatic rings. The van der Waals surface area contributed by atoms with E-state index >= 15 is 0 Å². The lowest BCUT2D eigenvalue weighted by molar-refractivity contribution is 0.414. The smallest absolute Gasteiger partial charge is 0.215 e. The van der Waals surface area contributed by atoms with Gasteiger partial charge in [0, 0.05) is 67.2 Å². The first kappa shape index (κ1) is 26.7. The van der Waals surface area contributed by atoms with Gasteiger partial charge in [-0.1, -0.05) is 12.1 Å². The monoisotopic (exact) mass is 572 g/mol. The summed E-state index contributed by atoms with van der Waals surface area (Å²) < 4.78 is 48.2. The Morgan fingerprint density at radius 1 is 0.878 bits per heavy atom. The Morgan fingerprint density at radius 3 is 2.51 bits per heavy atom. The van der Waals surface area contributed by atoms with E-state index in [4.69, 9.17) is 4.74 Å². The van der Waals surface area contributed by atoms with Crippen LogP contribution in [0, 0.1) is 11.6 Å². The fourth-order valence-corrected chi connectivity index (χ4v) is 5.76. The zero-order chi connectivity index (χ0) is 28.3. The van der Waals surface area contributed by atoms with E-state index in [0.717, 1.165) is 77.6 Å². The molecule has 41 heavy (non-hydrogen) atoms. The Hall–Kier alpha value is -4.48. The molecule has 1 fully saturated rings. The summed E-state index contributed by atoms with van der Waals surface area (Å²) >= 11 is -1.94. The van der Waals surface area contributed by atoms with Crippen molar-refractivity contribution >= 4 is 39.5 Å². The summed E-state index contributed by atoms with van der Waals surface area (Å²) in [6.45, 7) is 3.25. The molecule has 3 aromatic carbocycles. The number of aromatic nitrogens is 3. The number of piperazine rings is 1. The third-order valence-corrected chi connectivity index (χ3v) is 8.14. The molecule has 3 heterocycles. The molecule has 0 radical (unpaired) electrons. The Bertz CT molecular complexity index is 1700. The Morgan fingerprint density at radius 2 is 1.71 bits per heavy atom. The predicted octanol–water partition coefficient (Wildman–Crippen LogP) is 5.44. The van der Waals surface area contributed by atoms with Crippen molar-refractivity contribution in [1.82, 2.24) is 15.0 Å². The highest BCUT2D eigenvalue weighted by Gasteiger charge is 2.22. The first-order valence-corrected chi connectivity index (χ1v) is 14.1. The van der Waals surface area contributed by atoms with Crippen molar-refractivity contribution in [3.63, 3.8) is 0 Å². The SMILES string of the molecule is COc1cccc(N2CCN(c3ncnc4ccc(-c5cncc(N[S+]([O-])c6ccc(F)cc6F)c5)cc34)CC2)c1. The maximum Gasteiger partial charge on any atom is 0.215 e. The van der Waals surface area contributed by atoms with E-state index in [1.54, 1.807) is 25.7 Å². The summed E-state index contributed by atoms with van der Waals surface area (Å²) in [6.07, 6.45) is 4.78. The summed E-state index contributed by atoms with van der Waals surface area (Å²) in [5.41, 5.74) is 4.03. The number of rotatable bonds is 7. The van der Waals surface area contributed by atoms with Gasteiger partial charge in [0.05, 0.1) is 18.8 Å². The maximum atomic E-state index is 14.1. The summed E-state index contributed by atoms with van der Waals surface area (Å²) in [5, 5.41) is 0.912. The molecule has 1 saturated heterocycles. The molecule has 1 N–H and O–H groups in total. The van der Waals surface area contributed by atoms with Gasteiger partial charge < -0.3 is 19.1 Å². The highest BCUT2D eigenvalue weighted by atomic mass is 32.2. The Balaban J connectivity index is 1.22. The van der Waals surface area contributed by atoms with Crippen molar-refractivity contribution in [3.05, 3.63) is 97.1 Å². The van der Waals surface area contributed by atoms with Crippen LogP contribution in [-0.2, 0) is 11.4 Å². The molecule has 11 heteroatoms. The van der Waals surface area contributed by atoms with E-state index < -0.39 is 23.0 Å². The lowest BCUT2D eigenvalue weighted by Gasteiger charge is -2.37. The molecular weight excluding hydrogens is 546 g/mol. The standard InChI is InChI=1S/C30H26F2N6O2S/c1-40-25-4-2-3-24(16-25)37-9-11-38(12-10-37)30-26-14-20(5-7-28(26)34-19-35-30)21-13-23(18-33-17-21)36-41(39)29-8-6-22(31)15-27(29)32/h2-8,13-19,36H,9-12H2,1H3. The van der Waals surface area contributed by atoms with Crippen molar-refractivity contribution in [2.45, 2.75) is 4.90 Å². The molecule has 6 rings (SSSR count). The van der Waals surface area contributed by atoms with E-state index in [1.165, 1.54) is 6.20 Å². The summed E-state index contributed by atoms with van der Waals surface area (Å²) in [4.78, 5) is 17.8. The number of hydrogen-bond acceptors (Lipinski definition) is 8. The van der Waals surface area contributed by atoms with Crippen LogP contribution in [0.2, 0.25) is 0 Å². The number of nitrogens with one attached hydrogen (secondary N) is 1. The molecule has 0 amide bonds. The average molecular weight is 573 g/mol. The lowest BCUT2D eigenvalue weighted by Crippen LogP contribution is -2.46. The summed E-state index contributed by atoms with van der Waals surface area (Å²) in [7, 11) is 1.67. The van der Waals surface area contributed by atoms with Crippen molar-refractivity contribution in [1.29, 1.82) is 0 Å². The average Bonchev–Trinajstić information content (AvgIpc) is 3.00. The largest absolute Gasteiger partial charge is 0.588 e. The molecule has 1 unspecified atom stereocenters. The van der Waals surface area contributed by atoms with Crippen LogP contribution in [0.1, 0.15) is 0 Å². The van der Waals surface area contributed by atoms with E-state index in [9.17, 15) is 13.3 Å². The number of nitrogens with zero attached hydrogens (tertiary/aromatic N) is 5. The van der Waals surface area contributed by atoms with Gasteiger partial charge in [-0.3, -0.25) is 4.98 Å². The van der Waals surface area contributed by atoms with Gasteiger partial charge in [-0.25, -0.2) is 23.5 Å². The molecule has 1 atom stereocenters. The van der Waals surface area contributed by atoms with Crippen LogP contribution < -0.4 is 19.3 Å². The second kappa shape index (κ2) is 11.6. The van der Waals surface area contributed by atoms with Crippen molar-refractivity contribution < 1.29 is 18.1 Å². The highest BCUT2D eigenvalue weighted by molar-refractivity contribution is 7.92. The topological polar surface area (TPSA) is 89.5 Å². The summed E-state index contributed by atoms with van der Waals surface area (Å²) in [6, 6.07) is 18.7. The van der Waals surface area contributed by atoms with Crippen LogP contribution in [0.3, 0.4) is 0 Å². The van der Waals surface area contributed by atoms with Crippen LogP contribution in [0.25, 0.3) is 22.0 Å². The second-order valence-corrected chi connectivity index (χ2v) is 10.7. The first-order valence-electron chi connectivity index (χ1n) is 13.0. The van der Waals surface area contributed by atoms with E-state index in [1.807, 2.05) is 36.4 Å². The third-order valence-electron chi connectivity index (χ3n) is 6.99. The lowest BCUT2D eigenvalue weighted by atomic mass is 10.0. The molecule has 0 saturated carbocycles. The second-order valence-electron chi connectivity index (χ2n) is 9.51. The number of pyridine rings is 1. The predicted molar refractivity (Wildman–Crippen MR) is 157 cm³/mol. The van der Waals surface area contributed by atoms with Crippen LogP contribution in [0.4, 0.5) is 26.0 Å². The highest BCUT2D eigenvalue weighted by Crippen LogP contribution is 2.31. The number of anilines is 3. The van der Waals surface area contributed by atoms with Gasteiger partial charge in [-0.2, -0.15) is 0 Å².